The number of carbonyl (C=O) groups is 2. The van der Waals surface area contributed by atoms with Crippen LogP contribution in [0, 0.1) is 0 Å². The minimum Gasteiger partial charge on any atom is -0.480 e. The molecule has 1 aliphatic heterocycles. The molecule has 1 aliphatic carbocycles. The highest BCUT2D eigenvalue weighted by molar-refractivity contribution is 5.86. The SMILES string of the molecule is CC(C)(C)OC(=O)NC1(c2ccc(-n3c(-c4ccccn4)cc4cnc(N5CCCC5C(=O)O)nc43)cc2)CCC1. The van der Waals surface area contributed by atoms with Crippen molar-refractivity contribution < 1.29 is 19.4 Å². The molecule has 3 aromatic heterocycles. The lowest BCUT2D eigenvalue weighted by Gasteiger charge is -2.43. The fraction of sp³-hybridized carbons (Fsp3) is 0.387. The summed E-state index contributed by atoms with van der Waals surface area (Å²) in [6, 6.07) is 15.3. The largest absolute Gasteiger partial charge is 0.480 e. The zero-order chi connectivity index (χ0) is 28.8. The number of fused-ring (bicyclic) bond motifs is 1. The zero-order valence-corrected chi connectivity index (χ0v) is 23.5. The number of hydrogen-bond acceptors (Lipinski definition) is 7. The van der Waals surface area contributed by atoms with E-state index in [-0.39, 0.29) is 0 Å². The maximum Gasteiger partial charge on any atom is 0.408 e. The topological polar surface area (TPSA) is 122 Å². The second-order valence-corrected chi connectivity index (χ2v) is 11.8. The molecular weight excluding hydrogens is 520 g/mol. The van der Waals surface area contributed by atoms with Gasteiger partial charge in [0.05, 0.1) is 16.9 Å². The molecule has 10 heteroatoms. The standard InChI is InChI=1S/C31H34N6O4/c1-30(2,3)41-29(40)35-31(14-7-15-31)21-10-12-22(13-11-21)37-25(23-8-4-5-16-32-23)18-20-19-33-28(34-26(20)37)36-17-6-9-24(36)27(38)39/h4-5,8,10-13,16,18-19,24H,6-7,9,14-15,17H2,1-3H3,(H,35,40)(H,38,39). The van der Waals surface area contributed by atoms with Crippen LogP contribution in [-0.4, -0.2) is 54.9 Å². The molecule has 1 amide bonds. The quantitative estimate of drug-likeness (QED) is 0.323. The minimum absolute atomic E-state index is 0.404. The fourth-order valence-electron chi connectivity index (χ4n) is 5.79. The van der Waals surface area contributed by atoms with Crippen LogP contribution in [0.15, 0.2) is 60.9 Å². The molecular formula is C31H34N6O4. The van der Waals surface area contributed by atoms with E-state index >= 15 is 0 Å². The number of benzene rings is 1. The molecule has 41 heavy (non-hydrogen) atoms. The Morgan fingerprint density at radius 1 is 1.07 bits per heavy atom. The van der Waals surface area contributed by atoms with Crippen molar-refractivity contribution >= 4 is 29.0 Å². The van der Waals surface area contributed by atoms with E-state index in [1.165, 1.54) is 0 Å². The number of anilines is 1. The second-order valence-electron chi connectivity index (χ2n) is 11.8. The third-order valence-corrected chi connectivity index (χ3v) is 7.88. The molecule has 4 heterocycles. The molecule has 4 aromatic rings. The molecule has 2 fully saturated rings. The first-order valence-electron chi connectivity index (χ1n) is 14.0. The van der Waals surface area contributed by atoms with Gasteiger partial charge in [-0.25, -0.2) is 14.6 Å². The summed E-state index contributed by atoms with van der Waals surface area (Å²) in [5.74, 6) is -0.461. The van der Waals surface area contributed by atoms with Crippen molar-refractivity contribution in [1.82, 2.24) is 24.8 Å². The van der Waals surface area contributed by atoms with Crippen molar-refractivity contribution in [3.05, 3.63) is 66.5 Å². The molecule has 1 atom stereocenters. The number of ether oxygens (including phenoxy) is 1. The predicted molar refractivity (Wildman–Crippen MR) is 155 cm³/mol. The number of aliphatic carboxylic acids is 1. The third-order valence-electron chi connectivity index (χ3n) is 7.88. The summed E-state index contributed by atoms with van der Waals surface area (Å²) in [7, 11) is 0. The molecule has 1 unspecified atom stereocenters. The van der Waals surface area contributed by atoms with Crippen LogP contribution in [0.3, 0.4) is 0 Å². The maximum atomic E-state index is 12.6. The Kier molecular flexibility index (Phi) is 6.63. The fourth-order valence-corrected chi connectivity index (χ4v) is 5.79. The Morgan fingerprint density at radius 2 is 1.85 bits per heavy atom. The third kappa shape index (κ3) is 5.10. The van der Waals surface area contributed by atoms with Gasteiger partial charge < -0.3 is 20.1 Å². The summed E-state index contributed by atoms with van der Waals surface area (Å²) in [5.41, 5.74) is 3.16. The molecule has 0 spiro atoms. The molecule has 1 aromatic carbocycles. The Balaban J connectivity index is 1.41. The number of carboxylic acids is 1. The first-order chi connectivity index (χ1) is 19.6. The van der Waals surface area contributed by atoms with Gasteiger partial charge in [0.25, 0.3) is 0 Å². The van der Waals surface area contributed by atoms with Crippen molar-refractivity contribution in [3.8, 4) is 17.1 Å². The average molecular weight is 555 g/mol. The van der Waals surface area contributed by atoms with E-state index in [1.54, 1.807) is 17.3 Å². The predicted octanol–water partition coefficient (Wildman–Crippen LogP) is 5.44. The highest BCUT2D eigenvalue weighted by Crippen LogP contribution is 2.42. The number of alkyl carbamates (subject to hydrolysis) is 1. The molecule has 6 rings (SSSR count). The summed E-state index contributed by atoms with van der Waals surface area (Å²) in [6.07, 6.45) is 7.14. The first kappa shape index (κ1) is 26.7. The van der Waals surface area contributed by atoms with Crippen molar-refractivity contribution in [2.24, 2.45) is 0 Å². The second kappa shape index (κ2) is 10.2. The lowest BCUT2D eigenvalue weighted by atomic mass is 9.72. The number of amides is 1. The van der Waals surface area contributed by atoms with Crippen molar-refractivity contribution in [3.63, 3.8) is 0 Å². The van der Waals surface area contributed by atoms with Gasteiger partial charge in [-0.2, -0.15) is 4.98 Å². The normalized spacial score (nSPS) is 18.2. The highest BCUT2D eigenvalue weighted by atomic mass is 16.6. The van der Waals surface area contributed by atoms with Gasteiger partial charge in [-0.1, -0.05) is 18.2 Å². The van der Waals surface area contributed by atoms with Crippen LogP contribution in [0.5, 0.6) is 0 Å². The summed E-state index contributed by atoms with van der Waals surface area (Å²) in [4.78, 5) is 40.3. The van der Waals surface area contributed by atoms with Crippen LogP contribution in [0.25, 0.3) is 28.1 Å². The molecule has 0 radical (unpaired) electrons. The molecule has 2 N–H and O–H groups in total. The van der Waals surface area contributed by atoms with Crippen LogP contribution in [0.4, 0.5) is 10.7 Å². The van der Waals surface area contributed by atoms with Crippen molar-refractivity contribution in [2.75, 3.05) is 11.4 Å². The minimum atomic E-state index is -0.865. The lowest BCUT2D eigenvalue weighted by molar-refractivity contribution is -0.138. The van der Waals surface area contributed by atoms with E-state index < -0.39 is 29.2 Å². The lowest BCUT2D eigenvalue weighted by Crippen LogP contribution is -2.52. The maximum absolute atomic E-state index is 12.6. The monoisotopic (exact) mass is 554 g/mol. The number of hydrogen-bond donors (Lipinski definition) is 2. The average Bonchev–Trinajstić information content (AvgIpc) is 3.56. The molecule has 1 saturated heterocycles. The smallest absolute Gasteiger partial charge is 0.408 e. The van der Waals surface area contributed by atoms with Crippen molar-refractivity contribution in [1.29, 1.82) is 0 Å². The zero-order valence-electron chi connectivity index (χ0n) is 23.5. The summed E-state index contributed by atoms with van der Waals surface area (Å²) in [5, 5.41) is 13.7. The number of carboxylic acid groups (broad SMARTS) is 1. The Labute approximate surface area is 238 Å². The summed E-state index contributed by atoms with van der Waals surface area (Å²) in [6.45, 7) is 6.17. The van der Waals surface area contributed by atoms with Gasteiger partial charge in [0.1, 0.15) is 11.6 Å². The first-order valence-corrected chi connectivity index (χ1v) is 14.0. The molecule has 0 bridgehead atoms. The molecule has 212 valence electrons. The van der Waals surface area contributed by atoms with Crippen LogP contribution in [0.2, 0.25) is 0 Å². The van der Waals surface area contributed by atoms with Crippen LogP contribution in [-0.2, 0) is 15.1 Å². The molecule has 1 saturated carbocycles. The Morgan fingerprint density at radius 3 is 2.49 bits per heavy atom. The van der Waals surface area contributed by atoms with Gasteiger partial charge in [0.2, 0.25) is 5.95 Å². The van der Waals surface area contributed by atoms with E-state index in [1.807, 2.05) is 73.9 Å². The Hall–Kier alpha value is -4.47. The molecule has 2 aliphatic rings. The number of rotatable bonds is 6. The van der Waals surface area contributed by atoms with Crippen LogP contribution in [0.1, 0.15) is 58.4 Å². The van der Waals surface area contributed by atoms with Gasteiger partial charge in [0.15, 0.2) is 5.65 Å². The number of pyridine rings is 1. The van der Waals surface area contributed by atoms with E-state index in [0.717, 1.165) is 53.7 Å². The van der Waals surface area contributed by atoms with Gasteiger partial charge >= 0.3 is 12.1 Å². The van der Waals surface area contributed by atoms with Gasteiger partial charge in [-0.15, -0.1) is 0 Å². The Bertz CT molecular complexity index is 1590. The van der Waals surface area contributed by atoms with Gasteiger partial charge in [0, 0.05) is 30.0 Å². The van der Waals surface area contributed by atoms with E-state index in [9.17, 15) is 14.7 Å². The van der Waals surface area contributed by atoms with Crippen molar-refractivity contribution in [2.45, 2.75) is 70.1 Å². The van der Waals surface area contributed by atoms with Gasteiger partial charge in [-0.05, 0) is 88.8 Å². The number of aromatic nitrogens is 4. The van der Waals surface area contributed by atoms with Gasteiger partial charge in [-0.3, -0.25) is 9.55 Å². The summed E-state index contributed by atoms with van der Waals surface area (Å²) >= 11 is 0. The number of nitrogens with zero attached hydrogens (tertiary/aromatic N) is 5. The summed E-state index contributed by atoms with van der Waals surface area (Å²) < 4.78 is 7.58. The van der Waals surface area contributed by atoms with E-state index in [0.29, 0.717) is 24.6 Å². The number of carbonyl (C=O) groups excluding carboxylic acids is 1. The highest BCUT2D eigenvalue weighted by Gasteiger charge is 2.41. The van der Waals surface area contributed by atoms with E-state index in [2.05, 4.69) is 15.3 Å². The van der Waals surface area contributed by atoms with Crippen LogP contribution < -0.4 is 10.2 Å². The van der Waals surface area contributed by atoms with Crippen LogP contribution >= 0.6 is 0 Å². The number of nitrogens with one attached hydrogen (secondary N) is 1. The molecule has 10 nitrogen and oxygen atoms in total. The van der Waals surface area contributed by atoms with E-state index in [4.69, 9.17) is 9.72 Å².